The maximum atomic E-state index is 14.1. The Balaban J connectivity index is 1.37. The van der Waals surface area contributed by atoms with Gasteiger partial charge in [0.1, 0.15) is 42.7 Å². The smallest absolute Gasteiger partial charge is 0.334 e. The number of ether oxygens (including phenoxy) is 12. The monoisotopic (exact) mass is 1130 g/mol. The first-order valence-electron chi connectivity index (χ1n) is 27.9. The van der Waals surface area contributed by atoms with Gasteiger partial charge in [-0.05, 0) is 74.3 Å². The van der Waals surface area contributed by atoms with Crippen LogP contribution in [-0.2, 0) is 61.6 Å². The fraction of sp³-hybridized carbons (Fsp3) is 0.810. The normalized spacial score (nSPS) is 46.7. The molecular weight excluding hydrogens is 1030 g/mol. The van der Waals surface area contributed by atoms with Crippen LogP contribution in [0, 0.1) is 17.8 Å². The Morgan fingerprint density at radius 1 is 0.747 bits per heavy atom. The number of esters is 1. The van der Waals surface area contributed by atoms with Gasteiger partial charge in [0.2, 0.25) is 5.79 Å². The van der Waals surface area contributed by atoms with Crippen molar-refractivity contribution in [1.29, 1.82) is 0 Å². The minimum atomic E-state index is -2.54. The highest BCUT2D eigenvalue weighted by atomic mass is 16.7. The third-order valence-corrected chi connectivity index (χ3v) is 16.4. The van der Waals surface area contributed by atoms with Crippen LogP contribution in [-0.4, -0.2) is 216 Å². The standard InChI is InChI=1S/C58H96O21/c1-29-17-16-18-40(59)43(69-13)25-45(76-55(65)33(5)23-31(3)21-30(2)22-32(4)41(20-19-29)77-56-51(63)50(62)52(71-15)37(9)74-56)53(64)58(67)35(7)48(60)34(6)42(79-58)24-39(28-68-12)75-47-27-57(11,66)54(38(10)73-47)78-46-26-44(70-14)49(61)36(8)72-46/h17,19-23,32,34-54,56,59-64,66-67H,16,18,24-28H2,1-15H3/b20-19-,29-17-,30-22-,31-21-,33-23-/t32-,34+,35-,36-,37+,38+,39-,40+,41-,42+,43+,44-,45-,46+,47+,48+,49-,50+,51+,52+,53-,54+,56+,57+,58-/m1/s1. The molecule has 5 aliphatic rings. The van der Waals surface area contributed by atoms with Crippen molar-refractivity contribution in [1.82, 2.24) is 0 Å². The predicted octanol–water partition coefficient (Wildman–Crippen LogP) is 3.59. The molecule has 0 saturated carbocycles. The quantitative estimate of drug-likeness (QED) is 0.109. The number of carbonyl (C=O) groups is 1. The van der Waals surface area contributed by atoms with E-state index < -0.39 is 152 Å². The number of rotatable bonds is 15. The van der Waals surface area contributed by atoms with Crippen molar-refractivity contribution >= 4 is 5.97 Å². The van der Waals surface area contributed by atoms with Crippen LogP contribution in [0.5, 0.6) is 0 Å². The molecule has 0 amide bonds. The van der Waals surface area contributed by atoms with E-state index in [-0.39, 0.29) is 50.2 Å². The Morgan fingerprint density at radius 3 is 2.05 bits per heavy atom. The molecule has 4 fully saturated rings. The fourth-order valence-corrected chi connectivity index (χ4v) is 11.6. The summed E-state index contributed by atoms with van der Waals surface area (Å²) < 4.78 is 72.0. The lowest BCUT2D eigenvalue weighted by Gasteiger charge is -2.51. The van der Waals surface area contributed by atoms with Gasteiger partial charge in [-0.15, -0.1) is 0 Å². The van der Waals surface area contributed by atoms with E-state index in [0.29, 0.717) is 12.0 Å². The molecule has 5 rings (SSSR count). The maximum absolute atomic E-state index is 14.1. The van der Waals surface area contributed by atoms with Crippen LogP contribution in [0.2, 0.25) is 0 Å². The molecule has 79 heavy (non-hydrogen) atoms. The number of hydrogen-bond donors (Lipinski definition) is 8. The first-order chi connectivity index (χ1) is 37.1. The predicted molar refractivity (Wildman–Crippen MR) is 288 cm³/mol. The van der Waals surface area contributed by atoms with E-state index >= 15 is 0 Å². The van der Waals surface area contributed by atoms with E-state index in [9.17, 15) is 45.6 Å². The maximum Gasteiger partial charge on any atom is 0.334 e. The summed E-state index contributed by atoms with van der Waals surface area (Å²) in [6.07, 6.45) is -8.27. The summed E-state index contributed by atoms with van der Waals surface area (Å²) in [7, 11) is 5.80. The lowest BCUT2D eigenvalue weighted by molar-refractivity contribution is -0.366. The van der Waals surface area contributed by atoms with Gasteiger partial charge in [0.15, 0.2) is 18.9 Å². The van der Waals surface area contributed by atoms with Gasteiger partial charge < -0.3 is 97.7 Å². The molecule has 21 nitrogen and oxygen atoms in total. The van der Waals surface area contributed by atoms with E-state index in [4.69, 9.17) is 56.8 Å². The van der Waals surface area contributed by atoms with E-state index in [0.717, 1.165) is 11.1 Å². The zero-order chi connectivity index (χ0) is 58.8. The third-order valence-electron chi connectivity index (χ3n) is 16.4. The topological polar surface area (TPSA) is 290 Å². The zero-order valence-electron chi connectivity index (χ0n) is 49.1. The Kier molecular flexibility index (Phi) is 25.3. The van der Waals surface area contributed by atoms with E-state index in [1.807, 2.05) is 51.2 Å². The minimum absolute atomic E-state index is 0.00743. The highest BCUT2D eigenvalue weighted by molar-refractivity contribution is 5.88. The average Bonchev–Trinajstić information content (AvgIpc) is 3.46. The highest BCUT2D eigenvalue weighted by Crippen LogP contribution is 2.43. The Bertz CT molecular complexity index is 2080. The van der Waals surface area contributed by atoms with Gasteiger partial charge >= 0.3 is 5.97 Å². The van der Waals surface area contributed by atoms with Crippen molar-refractivity contribution in [3.63, 3.8) is 0 Å². The van der Waals surface area contributed by atoms with Gasteiger partial charge in [-0.1, -0.05) is 67.9 Å². The Morgan fingerprint density at radius 2 is 1.42 bits per heavy atom. The number of allylic oxidation sites excluding steroid dienone is 7. The zero-order valence-corrected chi connectivity index (χ0v) is 49.1. The molecule has 0 aromatic rings. The number of hydrogen-bond acceptors (Lipinski definition) is 21. The summed E-state index contributed by atoms with van der Waals surface area (Å²) in [6.45, 7) is 19.1. The fourth-order valence-electron chi connectivity index (χ4n) is 11.6. The van der Waals surface area contributed by atoms with Crippen molar-refractivity contribution in [3.05, 3.63) is 58.7 Å². The van der Waals surface area contributed by atoms with Crippen molar-refractivity contribution in [2.24, 2.45) is 17.8 Å². The molecule has 0 aliphatic carbocycles. The van der Waals surface area contributed by atoms with E-state index in [2.05, 4.69) is 0 Å². The molecule has 4 saturated heterocycles. The van der Waals surface area contributed by atoms with E-state index in [1.54, 1.807) is 54.5 Å². The number of cyclic esters (lactones) is 1. The summed E-state index contributed by atoms with van der Waals surface area (Å²) in [5.74, 6) is -5.45. The molecule has 0 bridgehead atoms. The van der Waals surface area contributed by atoms with Gasteiger partial charge in [-0.2, -0.15) is 0 Å². The van der Waals surface area contributed by atoms with Crippen molar-refractivity contribution in [2.45, 2.75) is 249 Å². The molecule has 0 aromatic heterocycles. The second-order valence-corrected chi connectivity index (χ2v) is 23.0. The lowest BCUT2D eigenvalue weighted by Crippen LogP contribution is -2.66. The van der Waals surface area contributed by atoms with Gasteiger partial charge in [0.25, 0.3) is 0 Å². The summed E-state index contributed by atoms with van der Waals surface area (Å²) in [4.78, 5) is 14.1. The number of aliphatic hydroxyl groups excluding tert-OH is 6. The molecular formula is C58H96O21. The molecule has 5 heterocycles. The summed E-state index contributed by atoms with van der Waals surface area (Å²) >= 11 is 0. The first kappa shape index (κ1) is 67.2. The third kappa shape index (κ3) is 17.3. The summed E-state index contributed by atoms with van der Waals surface area (Å²) in [5.41, 5.74) is 0.977. The number of methoxy groups -OCH3 is 4. The summed E-state index contributed by atoms with van der Waals surface area (Å²) in [5, 5.41) is 92.6. The van der Waals surface area contributed by atoms with Gasteiger partial charge in [0.05, 0.1) is 73.2 Å². The largest absolute Gasteiger partial charge is 0.456 e. The lowest BCUT2D eigenvalue weighted by atomic mass is 9.76. The number of carbonyl (C=O) groups excluding carboxylic acids is 1. The van der Waals surface area contributed by atoms with Crippen molar-refractivity contribution in [3.8, 4) is 0 Å². The van der Waals surface area contributed by atoms with Crippen LogP contribution in [0.3, 0.4) is 0 Å². The van der Waals surface area contributed by atoms with Gasteiger partial charge in [-0.25, -0.2) is 4.79 Å². The molecule has 5 aliphatic heterocycles. The molecule has 21 heteroatoms. The number of aliphatic hydroxyl groups is 8. The van der Waals surface area contributed by atoms with Crippen LogP contribution in [0.25, 0.3) is 0 Å². The van der Waals surface area contributed by atoms with Crippen LogP contribution < -0.4 is 0 Å². The van der Waals surface area contributed by atoms with Crippen molar-refractivity contribution in [2.75, 3.05) is 35.0 Å². The van der Waals surface area contributed by atoms with E-state index in [1.165, 1.54) is 35.4 Å². The molecule has 25 atom stereocenters. The second kappa shape index (κ2) is 29.8. The first-order valence-corrected chi connectivity index (χ1v) is 27.9. The molecule has 0 unspecified atom stereocenters. The van der Waals surface area contributed by atoms with Gasteiger partial charge in [-0.3, -0.25) is 0 Å². The Hall–Kier alpha value is -2.59. The molecule has 0 radical (unpaired) electrons. The SMILES string of the molecule is COC[C@@H](C[C@@H]1O[C@@](O)([C@H](O)[C@H]2C[C@H](OC)[C@@H](O)CC/C=C(C)\C=C/[C@@H](O[C@@H]3O[C@@H](C)[C@H](OC)[C@@H](O)[C@@H]3O)[C@H](C)\C=C(C)/C=C(C)\C=C(\C)C(=O)O2)[C@H](C)[C@@H](O)[C@H]1C)O[C@H]1C[C@](C)(O)[C@@H](O[C@H]2C[C@@H](OC)[C@H](O)[C@@H](C)O2)[C@H](C)O1. The van der Waals surface area contributed by atoms with Crippen molar-refractivity contribution < 1.29 is 102 Å². The second-order valence-electron chi connectivity index (χ2n) is 23.0. The molecule has 0 aromatic carbocycles. The van der Waals surface area contributed by atoms with Crippen LogP contribution in [0.15, 0.2) is 58.7 Å². The van der Waals surface area contributed by atoms with Crippen LogP contribution in [0.4, 0.5) is 0 Å². The summed E-state index contributed by atoms with van der Waals surface area (Å²) in [6, 6.07) is 0. The van der Waals surface area contributed by atoms with Gasteiger partial charge in [0, 0.05) is 77.4 Å². The Labute approximate surface area is 467 Å². The molecule has 454 valence electrons. The van der Waals surface area contributed by atoms with Crippen LogP contribution >= 0.6 is 0 Å². The average molecular weight is 1130 g/mol. The highest BCUT2D eigenvalue weighted by Gasteiger charge is 2.57. The molecule has 0 spiro atoms. The minimum Gasteiger partial charge on any atom is -0.456 e. The van der Waals surface area contributed by atoms with Crippen LogP contribution in [0.1, 0.15) is 115 Å². The molecule has 8 N–H and O–H groups in total.